The molecule has 0 aliphatic rings. The molecule has 0 bridgehead atoms. The molecular weight excluding hydrogens is 226 g/mol. The van der Waals surface area contributed by atoms with Crippen molar-refractivity contribution in [3.05, 3.63) is 41.9 Å². The summed E-state index contributed by atoms with van der Waals surface area (Å²) in [6.45, 7) is 9.11. The number of hydrogen-bond donors (Lipinski definition) is 1. The summed E-state index contributed by atoms with van der Waals surface area (Å²) in [5.74, 6) is 2.97. The Balaban J connectivity index is 1.97. The standard InChI is InChI=1S/C14H21N3O/c1-10(2)17-8-7-15-14(17)9-16-12(4)13-6-5-11(3)18-13/h5-8,10,12,16H,9H2,1-4H3/t12-/m1/s1. The predicted molar refractivity (Wildman–Crippen MR) is 71.3 cm³/mol. The Morgan fingerprint density at radius 2 is 2.11 bits per heavy atom. The topological polar surface area (TPSA) is 43.0 Å². The van der Waals surface area contributed by atoms with Gasteiger partial charge >= 0.3 is 0 Å². The van der Waals surface area contributed by atoms with Gasteiger partial charge < -0.3 is 14.3 Å². The van der Waals surface area contributed by atoms with Crippen molar-refractivity contribution in [3.63, 3.8) is 0 Å². The van der Waals surface area contributed by atoms with Crippen molar-refractivity contribution < 1.29 is 4.42 Å². The van der Waals surface area contributed by atoms with E-state index in [1.165, 1.54) is 0 Å². The highest BCUT2D eigenvalue weighted by Gasteiger charge is 2.11. The van der Waals surface area contributed by atoms with Gasteiger partial charge in [-0.3, -0.25) is 0 Å². The van der Waals surface area contributed by atoms with Gasteiger partial charge in [0.2, 0.25) is 0 Å². The minimum Gasteiger partial charge on any atom is -0.465 e. The Hall–Kier alpha value is -1.55. The lowest BCUT2D eigenvalue weighted by molar-refractivity contribution is 0.408. The molecule has 98 valence electrons. The smallest absolute Gasteiger partial charge is 0.122 e. The Morgan fingerprint density at radius 3 is 2.72 bits per heavy atom. The number of hydrogen-bond acceptors (Lipinski definition) is 3. The number of rotatable bonds is 5. The van der Waals surface area contributed by atoms with Crippen LogP contribution in [0.5, 0.6) is 0 Å². The van der Waals surface area contributed by atoms with Crippen LogP contribution in [0.4, 0.5) is 0 Å². The fourth-order valence-corrected chi connectivity index (χ4v) is 1.98. The molecule has 2 rings (SSSR count). The molecule has 0 saturated carbocycles. The molecule has 0 aromatic carbocycles. The van der Waals surface area contributed by atoms with Crippen LogP contribution < -0.4 is 5.32 Å². The van der Waals surface area contributed by atoms with Crippen molar-refractivity contribution in [2.24, 2.45) is 0 Å². The first-order valence-corrected chi connectivity index (χ1v) is 6.39. The van der Waals surface area contributed by atoms with Crippen LogP contribution in [0.2, 0.25) is 0 Å². The molecule has 0 fully saturated rings. The fourth-order valence-electron chi connectivity index (χ4n) is 1.98. The highest BCUT2D eigenvalue weighted by atomic mass is 16.3. The summed E-state index contributed by atoms with van der Waals surface area (Å²) in [4.78, 5) is 4.38. The average Bonchev–Trinajstić information content (AvgIpc) is 2.94. The van der Waals surface area contributed by atoms with Crippen molar-refractivity contribution in [1.29, 1.82) is 0 Å². The minimum atomic E-state index is 0.191. The molecule has 0 aliphatic heterocycles. The van der Waals surface area contributed by atoms with Crippen LogP contribution in [-0.2, 0) is 6.54 Å². The van der Waals surface area contributed by atoms with E-state index in [-0.39, 0.29) is 6.04 Å². The van der Waals surface area contributed by atoms with E-state index in [4.69, 9.17) is 4.42 Å². The monoisotopic (exact) mass is 247 g/mol. The number of nitrogens with one attached hydrogen (secondary N) is 1. The third kappa shape index (κ3) is 2.82. The van der Waals surface area contributed by atoms with Crippen LogP contribution in [0, 0.1) is 6.92 Å². The van der Waals surface area contributed by atoms with Gasteiger partial charge in [0.1, 0.15) is 17.3 Å². The van der Waals surface area contributed by atoms with E-state index in [0.717, 1.165) is 23.9 Å². The SMILES string of the molecule is Cc1ccc([C@@H](C)NCc2nccn2C(C)C)o1. The van der Waals surface area contributed by atoms with Gasteiger partial charge in [-0.2, -0.15) is 0 Å². The van der Waals surface area contributed by atoms with E-state index in [1.54, 1.807) is 0 Å². The van der Waals surface area contributed by atoms with E-state index < -0.39 is 0 Å². The second-order valence-electron chi connectivity index (χ2n) is 4.90. The van der Waals surface area contributed by atoms with Crippen LogP contribution in [0.3, 0.4) is 0 Å². The summed E-state index contributed by atoms with van der Waals surface area (Å²) in [7, 11) is 0. The predicted octanol–water partition coefficient (Wildman–Crippen LogP) is 3.22. The Labute approximate surface area is 108 Å². The zero-order valence-corrected chi connectivity index (χ0v) is 11.5. The van der Waals surface area contributed by atoms with E-state index >= 15 is 0 Å². The Bertz CT molecular complexity index is 499. The summed E-state index contributed by atoms with van der Waals surface area (Å²) in [5.41, 5.74) is 0. The molecule has 2 aromatic heterocycles. The van der Waals surface area contributed by atoms with Crippen molar-refractivity contribution in [2.75, 3.05) is 0 Å². The fraction of sp³-hybridized carbons (Fsp3) is 0.500. The minimum absolute atomic E-state index is 0.191. The molecule has 0 spiro atoms. The molecule has 2 aromatic rings. The molecule has 0 amide bonds. The van der Waals surface area contributed by atoms with E-state index in [2.05, 4.69) is 35.6 Å². The normalized spacial score (nSPS) is 13.2. The lowest BCUT2D eigenvalue weighted by atomic mass is 10.2. The molecule has 4 nitrogen and oxygen atoms in total. The molecule has 1 atom stereocenters. The maximum absolute atomic E-state index is 5.60. The average molecular weight is 247 g/mol. The number of aryl methyl sites for hydroxylation is 1. The third-order valence-electron chi connectivity index (χ3n) is 3.06. The lowest BCUT2D eigenvalue weighted by Crippen LogP contribution is -2.20. The van der Waals surface area contributed by atoms with Crippen LogP contribution in [0.15, 0.2) is 28.9 Å². The highest BCUT2D eigenvalue weighted by molar-refractivity contribution is 5.09. The van der Waals surface area contributed by atoms with E-state index in [9.17, 15) is 0 Å². The van der Waals surface area contributed by atoms with Gasteiger partial charge in [0.05, 0.1) is 12.6 Å². The summed E-state index contributed by atoms with van der Waals surface area (Å²) in [6.07, 6.45) is 3.86. The highest BCUT2D eigenvalue weighted by Crippen LogP contribution is 2.16. The van der Waals surface area contributed by atoms with Gasteiger partial charge in [-0.25, -0.2) is 4.98 Å². The quantitative estimate of drug-likeness (QED) is 0.882. The second-order valence-corrected chi connectivity index (χ2v) is 4.90. The summed E-state index contributed by atoms with van der Waals surface area (Å²) < 4.78 is 7.78. The zero-order valence-electron chi connectivity index (χ0n) is 11.5. The lowest BCUT2D eigenvalue weighted by Gasteiger charge is -2.14. The third-order valence-corrected chi connectivity index (χ3v) is 3.06. The van der Waals surface area contributed by atoms with Crippen molar-refractivity contribution in [2.45, 2.75) is 46.3 Å². The van der Waals surface area contributed by atoms with Gasteiger partial charge in [0, 0.05) is 18.4 Å². The zero-order chi connectivity index (χ0) is 13.1. The number of nitrogens with zero attached hydrogens (tertiary/aromatic N) is 2. The summed E-state index contributed by atoms with van der Waals surface area (Å²) in [5, 5.41) is 3.43. The largest absolute Gasteiger partial charge is 0.465 e. The number of imidazole rings is 1. The van der Waals surface area contributed by atoms with Crippen molar-refractivity contribution in [3.8, 4) is 0 Å². The van der Waals surface area contributed by atoms with Gasteiger partial charge in [-0.15, -0.1) is 0 Å². The summed E-state index contributed by atoms with van der Waals surface area (Å²) in [6, 6.07) is 4.63. The maximum Gasteiger partial charge on any atom is 0.122 e. The van der Waals surface area contributed by atoms with Gasteiger partial charge in [-0.1, -0.05) is 0 Å². The first-order chi connectivity index (χ1) is 8.58. The molecule has 0 aliphatic carbocycles. The molecule has 18 heavy (non-hydrogen) atoms. The second kappa shape index (κ2) is 5.40. The molecule has 1 N–H and O–H groups in total. The van der Waals surface area contributed by atoms with Crippen molar-refractivity contribution >= 4 is 0 Å². The van der Waals surface area contributed by atoms with Crippen LogP contribution in [0.25, 0.3) is 0 Å². The van der Waals surface area contributed by atoms with E-state index in [1.807, 2.05) is 31.5 Å². The Morgan fingerprint density at radius 1 is 1.33 bits per heavy atom. The summed E-state index contributed by atoms with van der Waals surface area (Å²) >= 11 is 0. The van der Waals surface area contributed by atoms with Crippen LogP contribution in [0.1, 0.15) is 50.2 Å². The molecule has 0 radical (unpaired) electrons. The molecule has 4 heteroatoms. The maximum atomic E-state index is 5.60. The van der Waals surface area contributed by atoms with Gasteiger partial charge in [0.15, 0.2) is 0 Å². The van der Waals surface area contributed by atoms with Gasteiger partial charge in [0.25, 0.3) is 0 Å². The van der Waals surface area contributed by atoms with Crippen LogP contribution in [-0.4, -0.2) is 9.55 Å². The molecule has 0 unspecified atom stereocenters. The number of aromatic nitrogens is 2. The Kier molecular flexibility index (Phi) is 3.87. The van der Waals surface area contributed by atoms with Crippen LogP contribution >= 0.6 is 0 Å². The molecular formula is C14H21N3O. The van der Waals surface area contributed by atoms with E-state index in [0.29, 0.717) is 6.04 Å². The number of furan rings is 1. The first kappa shape index (κ1) is 12.9. The molecule has 2 heterocycles. The van der Waals surface area contributed by atoms with Gasteiger partial charge in [-0.05, 0) is 39.8 Å². The van der Waals surface area contributed by atoms with Crippen molar-refractivity contribution in [1.82, 2.24) is 14.9 Å². The first-order valence-electron chi connectivity index (χ1n) is 6.39. The molecule has 0 saturated heterocycles.